The van der Waals surface area contributed by atoms with Crippen molar-refractivity contribution in [1.29, 1.82) is 0 Å². The van der Waals surface area contributed by atoms with E-state index in [-0.39, 0.29) is 0 Å². The fraction of sp³-hybridized carbons (Fsp3) is 0.600. The van der Waals surface area contributed by atoms with E-state index in [1.54, 1.807) is 25.1 Å². The SMILES string of the molecule is Cc1ccc(N)cc1S(=O)(=O)NCC1CC2CCC1C2. The van der Waals surface area contributed by atoms with Gasteiger partial charge in [-0.1, -0.05) is 12.5 Å². The van der Waals surface area contributed by atoms with Gasteiger partial charge in [-0.25, -0.2) is 13.1 Å². The van der Waals surface area contributed by atoms with Gasteiger partial charge in [0.15, 0.2) is 0 Å². The van der Waals surface area contributed by atoms with Crippen molar-refractivity contribution in [3.8, 4) is 0 Å². The van der Waals surface area contributed by atoms with Gasteiger partial charge in [-0.05, 0) is 61.6 Å². The quantitative estimate of drug-likeness (QED) is 0.837. The average Bonchev–Trinajstić information content (AvgIpc) is 3.01. The molecule has 2 aliphatic rings. The third-order valence-corrected chi connectivity index (χ3v) is 6.49. The van der Waals surface area contributed by atoms with E-state index in [9.17, 15) is 8.42 Å². The number of rotatable bonds is 4. The molecule has 2 bridgehead atoms. The van der Waals surface area contributed by atoms with Gasteiger partial charge in [-0.2, -0.15) is 0 Å². The zero-order valence-electron chi connectivity index (χ0n) is 11.8. The molecule has 1 aromatic rings. The van der Waals surface area contributed by atoms with Crippen molar-refractivity contribution >= 4 is 15.7 Å². The lowest BCUT2D eigenvalue weighted by atomic mass is 9.89. The number of anilines is 1. The molecule has 4 nitrogen and oxygen atoms in total. The Kier molecular flexibility index (Phi) is 3.50. The van der Waals surface area contributed by atoms with Gasteiger partial charge in [0.1, 0.15) is 0 Å². The predicted molar refractivity (Wildman–Crippen MR) is 79.7 cm³/mol. The van der Waals surface area contributed by atoms with Gasteiger partial charge in [0.05, 0.1) is 4.90 Å². The second-order valence-corrected chi connectivity index (χ2v) is 8.05. The molecule has 0 amide bonds. The molecule has 3 atom stereocenters. The van der Waals surface area contributed by atoms with E-state index >= 15 is 0 Å². The van der Waals surface area contributed by atoms with Crippen molar-refractivity contribution in [2.45, 2.75) is 37.5 Å². The van der Waals surface area contributed by atoms with Crippen LogP contribution in [0.5, 0.6) is 0 Å². The number of nitrogens with one attached hydrogen (secondary N) is 1. The molecule has 0 radical (unpaired) electrons. The van der Waals surface area contributed by atoms with Crippen LogP contribution in [-0.2, 0) is 10.0 Å². The van der Waals surface area contributed by atoms with Crippen LogP contribution in [0.15, 0.2) is 23.1 Å². The molecular formula is C15H22N2O2S. The smallest absolute Gasteiger partial charge is 0.240 e. The summed E-state index contributed by atoms with van der Waals surface area (Å²) < 4.78 is 27.6. The Balaban J connectivity index is 1.71. The largest absolute Gasteiger partial charge is 0.399 e. The van der Waals surface area contributed by atoms with Crippen LogP contribution in [0.4, 0.5) is 5.69 Å². The van der Waals surface area contributed by atoms with Gasteiger partial charge in [-0.3, -0.25) is 0 Å². The molecule has 5 heteroatoms. The van der Waals surface area contributed by atoms with Crippen molar-refractivity contribution in [1.82, 2.24) is 4.72 Å². The maximum atomic E-state index is 12.4. The molecule has 110 valence electrons. The van der Waals surface area contributed by atoms with E-state index in [1.165, 1.54) is 25.7 Å². The van der Waals surface area contributed by atoms with Crippen molar-refractivity contribution in [2.24, 2.45) is 17.8 Å². The molecule has 0 heterocycles. The minimum atomic E-state index is -3.45. The zero-order valence-corrected chi connectivity index (χ0v) is 12.6. The maximum absolute atomic E-state index is 12.4. The molecule has 2 saturated carbocycles. The molecule has 0 aliphatic heterocycles. The third kappa shape index (κ3) is 2.56. The molecule has 2 aliphatic carbocycles. The Morgan fingerprint density at radius 2 is 2.10 bits per heavy atom. The highest BCUT2D eigenvalue weighted by molar-refractivity contribution is 7.89. The summed E-state index contributed by atoms with van der Waals surface area (Å²) in [4.78, 5) is 0.306. The van der Waals surface area contributed by atoms with Crippen molar-refractivity contribution in [2.75, 3.05) is 12.3 Å². The number of hydrogen-bond acceptors (Lipinski definition) is 3. The van der Waals surface area contributed by atoms with Gasteiger partial charge in [0.25, 0.3) is 0 Å². The van der Waals surface area contributed by atoms with Crippen molar-refractivity contribution in [3.05, 3.63) is 23.8 Å². The molecule has 3 rings (SSSR count). The fourth-order valence-corrected chi connectivity index (χ4v) is 5.20. The number of nitrogens with two attached hydrogens (primary N) is 1. The lowest BCUT2D eigenvalue weighted by molar-refractivity contribution is 0.333. The molecular weight excluding hydrogens is 272 g/mol. The highest BCUT2D eigenvalue weighted by Crippen LogP contribution is 2.48. The Hall–Kier alpha value is -1.07. The highest BCUT2D eigenvalue weighted by Gasteiger charge is 2.39. The second kappa shape index (κ2) is 5.04. The molecule has 1 aromatic carbocycles. The molecule has 0 spiro atoms. The molecule has 2 fully saturated rings. The van der Waals surface area contributed by atoms with Crippen LogP contribution < -0.4 is 10.5 Å². The number of nitrogen functional groups attached to an aromatic ring is 1. The molecule has 3 unspecified atom stereocenters. The Labute approximate surface area is 120 Å². The first-order valence-corrected chi connectivity index (χ1v) is 8.80. The summed E-state index contributed by atoms with van der Waals surface area (Å²) >= 11 is 0. The first kappa shape index (κ1) is 13.9. The summed E-state index contributed by atoms with van der Waals surface area (Å²) in [5.74, 6) is 2.08. The van der Waals surface area contributed by atoms with Crippen LogP contribution in [-0.4, -0.2) is 15.0 Å². The van der Waals surface area contributed by atoms with E-state index in [4.69, 9.17) is 5.73 Å². The molecule has 20 heavy (non-hydrogen) atoms. The average molecular weight is 294 g/mol. The number of hydrogen-bond donors (Lipinski definition) is 2. The fourth-order valence-electron chi connectivity index (χ4n) is 3.83. The third-order valence-electron chi connectivity index (χ3n) is 4.92. The molecule has 0 saturated heterocycles. The van der Waals surface area contributed by atoms with Gasteiger partial charge in [0, 0.05) is 12.2 Å². The van der Waals surface area contributed by atoms with E-state index < -0.39 is 10.0 Å². The summed E-state index contributed by atoms with van der Waals surface area (Å²) in [6.07, 6.45) is 5.09. The van der Waals surface area contributed by atoms with Crippen LogP contribution in [0, 0.1) is 24.7 Å². The van der Waals surface area contributed by atoms with Crippen LogP contribution in [0.3, 0.4) is 0 Å². The van der Waals surface area contributed by atoms with Gasteiger partial charge in [-0.15, -0.1) is 0 Å². The Bertz CT molecular complexity index is 612. The van der Waals surface area contributed by atoms with E-state index in [0.29, 0.717) is 23.0 Å². The minimum absolute atomic E-state index is 0.306. The number of aryl methyl sites for hydroxylation is 1. The zero-order chi connectivity index (χ0) is 14.3. The van der Waals surface area contributed by atoms with Gasteiger partial charge < -0.3 is 5.73 Å². The van der Waals surface area contributed by atoms with Crippen molar-refractivity contribution in [3.63, 3.8) is 0 Å². The van der Waals surface area contributed by atoms with Crippen LogP contribution in [0.25, 0.3) is 0 Å². The standard InChI is InChI=1S/C15H22N2O2S/c1-10-2-5-14(16)8-15(10)20(18,19)17-9-13-7-11-3-4-12(13)6-11/h2,5,8,11-13,17H,3-4,6-7,9,16H2,1H3. The minimum Gasteiger partial charge on any atom is -0.399 e. The number of fused-ring (bicyclic) bond motifs is 2. The number of benzene rings is 1. The predicted octanol–water partition coefficient (Wildman–Crippen LogP) is 2.29. The highest BCUT2D eigenvalue weighted by atomic mass is 32.2. The van der Waals surface area contributed by atoms with E-state index in [1.807, 2.05) is 0 Å². The lowest BCUT2D eigenvalue weighted by Gasteiger charge is -2.22. The van der Waals surface area contributed by atoms with E-state index in [0.717, 1.165) is 17.4 Å². The van der Waals surface area contributed by atoms with Crippen LogP contribution in [0.1, 0.15) is 31.2 Å². The maximum Gasteiger partial charge on any atom is 0.240 e. The van der Waals surface area contributed by atoms with Gasteiger partial charge in [0.2, 0.25) is 10.0 Å². The molecule has 3 N–H and O–H groups in total. The first-order chi connectivity index (χ1) is 9.45. The topological polar surface area (TPSA) is 72.2 Å². The Morgan fingerprint density at radius 1 is 1.30 bits per heavy atom. The second-order valence-electron chi connectivity index (χ2n) is 6.31. The molecule has 0 aromatic heterocycles. The normalized spacial score (nSPS) is 28.9. The van der Waals surface area contributed by atoms with Gasteiger partial charge >= 0.3 is 0 Å². The van der Waals surface area contributed by atoms with Crippen molar-refractivity contribution < 1.29 is 8.42 Å². The van der Waals surface area contributed by atoms with E-state index in [2.05, 4.69) is 4.72 Å². The van der Waals surface area contributed by atoms with Crippen LogP contribution in [0.2, 0.25) is 0 Å². The first-order valence-electron chi connectivity index (χ1n) is 7.31. The monoisotopic (exact) mass is 294 g/mol. The summed E-state index contributed by atoms with van der Waals surface area (Å²) in [6.45, 7) is 2.36. The van der Waals surface area contributed by atoms with Crippen LogP contribution >= 0.6 is 0 Å². The Morgan fingerprint density at radius 3 is 2.75 bits per heavy atom. The summed E-state index contributed by atoms with van der Waals surface area (Å²) in [5.41, 5.74) is 6.92. The summed E-state index contributed by atoms with van der Waals surface area (Å²) in [6, 6.07) is 5.02. The number of sulfonamides is 1. The summed E-state index contributed by atoms with van der Waals surface area (Å²) in [5, 5.41) is 0. The summed E-state index contributed by atoms with van der Waals surface area (Å²) in [7, 11) is -3.45. The lowest BCUT2D eigenvalue weighted by Crippen LogP contribution is -2.32.